The molecule has 2 unspecified atom stereocenters. The Labute approximate surface area is 131 Å². The predicted molar refractivity (Wildman–Crippen MR) is 92.0 cm³/mol. The summed E-state index contributed by atoms with van der Waals surface area (Å²) in [4.78, 5) is 0. The van der Waals surface area contributed by atoms with Crippen LogP contribution >= 0.6 is 0 Å². The molecule has 0 amide bonds. The van der Waals surface area contributed by atoms with Gasteiger partial charge in [-0.1, -0.05) is 38.8 Å². The van der Waals surface area contributed by atoms with E-state index < -0.39 is 0 Å². The molecule has 0 aromatic heterocycles. The van der Waals surface area contributed by atoms with Crippen LogP contribution in [0.15, 0.2) is 24.3 Å². The number of hydrogen-bond acceptors (Lipinski definition) is 2. The first-order chi connectivity index (χ1) is 9.85. The van der Waals surface area contributed by atoms with E-state index in [-0.39, 0.29) is 5.54 Å². The highest BCUT2D eigenvalue weighted by molar-refractivity contribution is 5.27. The van der Waals surface area contributed by atoms with Gasteiger partial charge in [-0.15, -0.1) is 0 Å². The zero-order valence-electron chi connectivity index (χ0n) is 14.7. The number of nitrogens with one attached hydrogen (secondary N) is 1. The second-order valence-electron chi connectivity index (χ2n) is 7.21. The first-order valence-electron chi connectivity index (χ1n) is 8.23. The molecule has 1 rings (SSSR count). The fraction of sp³-hybridized carbons (Fsp3) is 0.684. The lowest BCUT2D eigenvalue weighted by Gasteiger charge is -2.29. The molecule has 1 N–H and O–H groups in total. The Balaban J connectivity index is 2.70. The highest BCUT2D eigenvalue weighted by Gasteiger charge is 2.20. The summed E-state index contributed by atoms with van der Waals surface area (Å²) in [6.07, 6.45) is 3.69. The average molecular weight is 291 g/mol. The normalized spacial score (nSPS) is 14.8. The Morgan fingerprint density at radius 3 is 2.24 bits per heavy atom. The fourth-order valence-electron chi connectivity index (χ4n) is 2.67. The van der Waals surface area contributed by atoms with Gasteiger partial charge in [-0.05, 0) is 63.3 Å². The van der Waals surface area contributed by atoms with Crippen molar-refractivity contribution in [3.8, 4) is 5.75 Å². The van der Waals surface area contributed by atoms with Crippen LogP contribution in [0.5, 0.6) is 5.75 Å². The van der Waals surface area contributed by atoms with Gasteiger partial charge in [0, 0.05) is 5.54 Å². The summed E-state index contributed by atoms with van der Waals surface area (Å²) in [7, 11) is 1.72. The second-order valence-corrected chi connectivity index (χ2v) is 7.21. The maximum Gasteiger partial charge on any atom is 0.118 e. The molecule has 0 fully saturated rings. The van der Waals surface area contributed by atoms with Gasteiger partial charge in [-0.2, -0.15) is 0 Å². The van der Waals surface area contributed by atoms with Gasteiger partial charge in [0.2, 0.25) is 0 Å². The van der Waals surface area contributed by atoms with Crippen LogP contribution in [0.2, 0.25) is 0 Å². The summed E-state index contributed by atoms with van der Waals surface area (Å²) in [5.74, 6) is 2.36. The Bertz CT molecular complexity index is 391. The van der Waals surface area contributed by atoms with Crippen LogP contribution in [0, 0.1) is 11.8 Å². The van der Waals surface area contributed by atoms with E-state index in [0.717, 1.165) is 24.6 Å². The molecule has 0 saturated carbocycles. The van der Waals surface area contributed by atoms with Crippen molar-refractivity contribution >= 4 is 0 Å². The molecule has 1 aromatic rings. The molecule has 120 valence electrons. The number of benzene rings is 1. The van der Waals surface area contributed by atoms with Crippen LogP contribution in [0.4, 0.5) is 0 Å². The van der Waals surface area contributed by atoms with Gasteiger partial charge in [0.1, 0.15) is 5.75 Å². The monoisotopic (exact) mass is 291 g/mol. The van der Waals surface area contributed by atoms with Gasteiger partial charge in [0.05, 0.1) is 7.11 Å². The quantitative estimate of drug-likeness (QED) is 0.751. The molecule has 0 saturated heterocycles. The molecule has 0 radical (unpaired) electrons. The van der Waals surface area contributed by atoms with Crippen molar-refractivity contribution in [3.05, 3.63) is 29.8 Å². The van der Waals surface area contributed by atoms with E-state index in [1.165, 1.54) is 18.4 Å². The van der Waals surface area contributed by atoms with Crippen molar-refractivity contribution in [2.75, 3.05) is 13.7 Å². The van der Waals surface area contributed by atoms with Gasteiger partial charge in [0.25, 0.3) is 0 Å². The first-order valence-corrected chi connectivity index (χ1v) is 8.23. The Morgan fingerprint density at radius 2 is 1.76 bits per heavy atom. The SMILES string of the molecule is CCCC(C)C(CNC(C)(C)C)Cc1ccc(OC)cc1. The largest absolute Gasteiger partial charge is 0.497 e. The standard InChI is InChI=1S/C19H33NO/c1-7-8-15(2)17(14-20-19(3,4)5)13-16-9-11-18(21-6)12-10-16/h9-12,15,17,20H,7-8,13-14H2,1-6H3. The summed E-state index contributed by atoms with van der Waals surface area (Å²) in [5, 5.41) is 3.68. The van der Waals surface area contributed by atoms with Gasteiger partial charge in [-0.3, -0.25) is 0 Å². The third kappa shape index (κ3) is 6.99. The zero-order valence-corrected chi connectivity index (χ0v) is 14.7. The molecule has 0 heterocycles. The lowest BCUT2D eigenvalue weighted by molar-refractivity contribution is 0.285. The van der Waals surface area contributed by atoms with Crippen molar-refractivity contribution in [3.63, 3.8) is 0 Å². The van der Waals surface area contributed by atoms with Crippen LogP contribution in [0.1, 0.15) is 53.0 Å². The maximum atomic E-state index is 5.24. The van der Waals surface area contributed by atoms with Crippen LogP contribution in [0.3, 0.4) is 0 Å². The lowest BCUT2D eigenvalue weighted by Crippen LogP contribution is -2.41. The van der Waals surface area contributed by atoms with Gasteiger partial charge in [0.15, 0.2) is 0 Å². The molecule has 2 heteroatoms. The van der Waals surface area contributed by atoms with Crippen LogP contribution in [-0.4, -0.2) is 19.2 Å². The lowest BCUT2D eigenvalue weighted by atomic mass is 9.84. The van der Waals surface area contributed by atoms with Gasteiger partial charge in [-0.25, -0.2) is 0 Å². The van der Waals surface area contributed by atoms with Crippen molar-refractivity contribution < 1.29 is 4.74 Å². The van der Waals surface area contributed by atoms with Crippen molar-refractivity contribution in [1.29, 1.82) is 0 Å². The van der Waals surface area contributed by atoms with Crippen LogP contribution in [0.25, 0.3) is 0 Å². The van der Waals surface area contributed by atoms with E-state index in [1.54, 1.807) is 7.11 Å². The molecule has 0 aliphatic heterocycles. The summed E-state index contributed by atoms with van der Waals surface area (Å²) >= 11 is 0. The van der Waals surface area contributed by atoms with Crippen molar-refractivity contribution in [1.82, 2.24) is 5.32 Å². The fourth-order valence-corrected chi connectivity index (χ4v) is 2.67. The third-order valence-electron chi connectivity index (χ3n) is 4.10. The molecular weight excluding hydrogens is 258 g/mol. The number of methoxy groups -OCH3 is 1. The van der Waals surface area contributed by atoms with E-state index in [2.05, 4.69) is 64.2 Å². The summed E-state index contributed by atoms with van der Waals surface area (Å²) in [6, 6.07) is 8.52. The number of ether oxygens (including phenoxy) is 1. The summed E-state index contributed by atoms with van der Waals surface area (Å²) in [6.45, 7) is 12.5. The minimum atomic E-state index is 0.185. The second kappa shape index (κ2) is 8.43. The number of rotatable bonds is 8. The molecule has 0 aliphatic rings. The van der Waals surface area contributed by atoms with E-state index in [0.29, 0.717) is 5.92 Å². The average Bonchev–Trinajstić information content (AvgIpc) is 2.43. The molecule has 1 aromatic carbocycles. The van der Waals surface area contributed by atoms with Gasteiger partial charge < -0.3 is 10.1 Å². The number of hydrogen-bond donors (Lipinski definition) is 1. The molecule has 0 spiro atoms. The predicted octanol–water partition coefficient (Wildman–Crippen LogP) is 4.68. The first kappa shape index (κ1) is 18.0. The molecule has 2 atom stereocenters. The zero-order chi connectivity index (χ0) is 15.9. The molecule has 0 aliphatic carbocycles. The Kier molecular flexibility index (Phi) is 7.24. The van der Waals surface area contributed by atoms with Crippen molar-refractivity contribution in [2.24, 2.45) is 11.8 Å². The van der Waals surface area contributed by atoms with E-state index in [1.807, 2.05) is 0 Å². The molecule has 0 bridgehead atoms. The maximum absolute atomic E-state index is 5.24. The van der Waals surface area contributed by atoms with E-state index in [9.17, 15) is 0 Å². The summed E-state index contributed by atoms with van der Waals surface area (Å²) in [5.41, 5.74) is 1.59. The Morgan fingerprint density at radius 1 is 1.14 bits per heavy atom. The third-order valence-corrected chi connectivity index (χ3v) is 4.10. The van der Waals surface area contributed by atoms with Crippen LogP contribution in [-0.2, 0) is 6.42 Å². The minimum absolute atomic E-state index is 0.185. The molecular formula is C19H33NO. The topological polar surface area (TPSA) is 21.3 Å². The minimum Gasteiger partial charge on any atom is -0.497 e. The van der Waals surface area contributed by atoms with E-state index >= 15 is 0 Å². The highest BCUT2D eigenvalue weighted by Crippen LogP contribution is 2.23. The molecule has 21 heavy (non-hydrogen) atoms. The van der Waals surface area contributed by atoms with Gasteiger partial charge >= 0.3 is 0 Å². The summed E-state index contributed by atoms with van der Waals surface area (Å²) < 4.78 is 5.24. The molecule has 2 nitrogen and oxygen atoms in total. The Hall–Kier alpha value is -1.02. The highest BCUT2D eigenvalue weighted by atomic mass is 16.5. The smallest absolute Gasteiger partial charge is 0.118 e. The van der Waals surface area contributed by atoms with Crippen LogP contribution < -0.4 is 10.1 Å². The van der Waals surface area contributed by atoms with E-state index in [4.69, 9.17) is 4.74 Å². The van der Waals surface area contributed by atoms with Crippen molar-refractivity contribution in [2.45, 2.75) is 59.4 Å².